The maximum atomic E-state index is 13.1. The van der Waals surface area contributed by atoms with Crippen LogP contribution in [0.25, 0.3) is 0 Å². The number of ether oxygens (including phenoxy) is 4. The van der Waals surface area contributed by atoms with Crippen molar-refractivity contribution in [1.82, 2.24) is 0 Å². The Morgan fingerprint density at radius 3 is 0.717 bits per heavy atom. The molecule has 0 bridgehead atoms. The van der Waals surface area contributed by atoms with Gasteiger partial charge in [0.1, 0.15) is 19.3 Å². The van der Waals surface area contributed by atoms with Crippen molar-refractivity contribution in [3.8, 4) is 0 Å². The van der Waals surface area contributed by atoms with Gasteiger partial charge in [0, 0.05) is 25.7 Å². The van der Waals surface area contributed by atoms with E-state index in [1.165, 1.54) is 244 Å². The van der Waals surface area contributed by atoms with Crippen molar-refractivity contribution in [2.24, 2.45) is 5.92 Å². The molecule has 0 amide bonds. The average Bonchev–Trinajstić information content (AvgIpc) is 1.08. The first-order chi connectivity index (χ1) is 48.1. The van der Waals surface area contributed by atoms with E-state index in [2.05, 4.69) is 34.6 Å². The minimum absolute atomic E-state index is 0.105. The Hall–Kier alpha value is -1.94. The van der Waals surface area contributed by atoms with E-state index in [1.54, 1.807) is 0 Å². The molecule has 588 valence electrons. The summed E-state index contributed by atoms with van der Waals surface area (Å²) in [6.45, 7) is 7.28. The van der Waals surface area contributed by atoms with Crippen LogP contribution < -0.4 is 0 Å². The van der Waals surface area contributed by atoms with E-state index >= 15 is 0 Å². The molecule has 0 radical (unpaired) electrons. The third-order valence-corrected chi connectivity index (χ3v) is 21.0. The lowest BCUT2D eigenvalue weighted by Gasteiger charge is -2.21. The van der Waals surface area contributed by atoms with Crippen molar-refractivity contribution >= 4 is 39.5 Å². The molecular formula is C80H156O17P2. The molecule has 0 saturated heterocycles. The van der Waals surface area contributed by atoms with Gasteiger partial charge in [-0.2, -0.15) is 0 Å². The second-order valence-corrected chi connectivity index (χ2v) is 32.0. The zero-order chi connectivity index (χ0) is 72.7. The number of phosphoric ester groups is 2. The minimum atomic E-state index is -4.96. The summed E-state index contributed by atoms with van der Waals surface area (Å²) < 4.78 is 68.6. The van der Waals surface area contributed by atoms with Gasteiger partial charge in [-0.05, 0) is 31.6 Å². The van der Waals surface area contributed by atoms with Gasteiger partial charge in [-0.15, -0.1) is 0 Å². The molecule has 0 saturated carbocycles. The lowest BCUT2D eigenvalue weighted by Crippen LogP contribution is -2.30. The SMILES string of the molecule is CCCCCCCCCCCCCCCCCCCCCCCCC(=O)O[C@H](COC(=O)CCCCCCCCCCCCCCCCCCC)COP(=O)(O)OC[C@@H](O)COP(=O)(O)OC[C@@H](COC(=O)CCCCCCCCCC)OC(=O)CCCCCCCCCCC(C)CC. The van der Waals surface area contributed by atoms with E-state index in [1.807, 2.05) is 0 Å². The molecule has 6 atom stereocenters. The number of unbranched alkanes of at least 4 members (excludes halogenated alkanes) is 51. The third kappa shape index (κ3) is 72.8. The molecule has 3 N–H and O–H groups in total. The Morgan fingerprint density at radius 1 is 0.283 bits per heavy atom. The van der Waals surface area contributed by atoms with Crippen LogP contribution in [0.1, 0.15) is 426 Å². The first-order valence-corrected chi connectivity index (χ1v) is 44.7. The van der Waals surface area contributed by atoms with E-state index in [0.717, 1.165) is 102 Å². The van der Waals surface area contributed by atoms with Gasteiger partial charge in [-0.3, -0.25) is 37.3 Å². The van der Waals surface area contributed by atoms with Crippen molar-refractivity contribution in [3.63, 3.8) is 0 Å². The molecule has 0 aliphatic rings. The molecule has 0 spiro atoms. The smallest absolute Gasteiger partial charge is 0.462 e. The standard InChI is InChI=1S/C80H156O17P2/c1-6-10-13-16-19-22-24-26-28-30-31-32-33-34-36-38-40-42-44-50-55-60-65-79(84)96-76(70-91-78(83)64-59-54-49-43-41-39-37-35-29-27-25-23-20-17-14-11-7-2)72-95-99(88,89)93-68-74(81)67-92-98(86,87)94-71-75(69-90-77(82)63-58-53-48-21-18-15-12-8-3)97-80(85)66-61-56-51-46-45-47-52-57-62-73(5)9-4/h73-76,81H,6-72H2,1-5H3,(H,86,87)(H,88,89)/t73?,74-,75+,76+/m0/s1. The van der Waals surface area contributed by atoms with Crippen LogP contribution in [0.2, 0.25) is 0 Å². The first kappa shape index (κ1) is 97.1. The molecule has 0 aromatic carbocycles. The van der Waals surface area contributed by atoms with Crippen molar-refractivity contribution < 1.29 is 80.2 Å². The lowest BCUT2D eigenvalue weighted by atomic mass is 9.99. The van der Waals surface area contributed by atoms with E-state index in [9.17, 15) is 43.2 Å². The van der Waals surface area contributed by atoms with Crippen molar-refractivity contribution in [1.29, 1.82) is 0 Å². The van der Waals surface area contributed by atoms with Gasteiger partial charge in [0.2, 0.25) is 0 Å². The summed E-state index contributed by atoms with van der Waals surface area (Å²) in [5, 5.41) is 10.6. The highest BCUT2D eigenvalue weighted by Crippen LogP contribution is 2.45. The van der Waals surface area contributed by atoms with Gasteiger partial charge < -0.3 is 33.8 Å². The first-order valence-electron chi connectivity index (χ1n) is 41.7. The molecule has 17 nitrogen and oxygen atoms in total. The van der Waals surface area contributed by atoms with Gasteiger partial charge in [0.15, 0.2) is 12.2 Å². The number of hydrogen-bond donors (Lipinski definition) is 3. The summed E-state index contributed by atoms with van der Waals surface area (Å²) in [5.41, 5.74) is 0. The second-order valence-electron chi connectivity index (χ2n) is 29.1. The molecule has 99 heavy (non-hydrogen) atoms. The Morgan fingerprint density at radius 2 is 0.485 bits per heavy atom. The number of esters is 4. The summed E-state index contributed by atoms with van der Waals surface area (Å²) >= 11 is 0. The summed E-state index contributed by atoms with van der Waals surface area (Å²) in [6.07, 6.45) is 64.0. The summed E-state index contributed by atoms with van der Waals surface area (Å²) in [6, 6.07) is 0. The maximum absolute atomic E-state index is 13.1. The molecule has 0 aromatic rings. The lowest BCUT2D eigenvalue weighted by molar-refractivity contribution is -0.161. The molecule has 0 fully saturated rings. The van der Waals surface area contributed by atoms with Crippen LogP contribution in [0.3, 0.4) is 0 Å². The van der Waals surface area contributed by atoms with Crippen LogP contribution in [0, 0.1) is 5.92 Å². The summed E-state index contributed by atoms with van der Waals surface area (Å²) in [4.78, 5) is 72.8. The molecular weight excluding hydrogens is 1290 g/mol. The van der Waals surface area contributed by atoms with Crippen molar-refractivity contribution in [2.45, 2.75) is 445 Å². The Kier molecular flexibility index (Phi) is 71.6. The topological polar surface area (TPSA) is 237 Å². The second kappa shape index (κ2) is 73.0. The van der Waals surface area contributed by atoms with E-state index in [0.29, 0.717) is 25.7 Å². The molecule has 0 aliphatic carbocycles. The quantitative estimate of drug-likeness (QED) is 0.0222. The summed E-state index contributed by atoms with van der Waals surface area (Å²) in [7, 11) is -9.91. The number of phosphoric acid groups is 2. The molecule has 0 rings (SSSR count). The highest BCUT2D eigenvalue weighted by Gasteiger charge is 2.30. The minimum Gasteiger partial charge on any atom is -0.462 e. The van der Waals surface area contributed by atoms with E-state index in [4.69, 9.17) is 37.0 Å². The molecule has 3 unspecified atom stereocenters. The monoisotopic (exact) mass is 1450 g/mol. The Bertz CT molecular complexity index is 1890. The fourth-order valence-electron chi connectivity index (χ4n) is 12.4. The predicted molar refractivity (Wildman–Crippen MR) is 405 cm³/mol. The number of hydrogen-bond acceptors (Lipinski definition) is 15. The average molecular weight is 1450 g/mol. The zero-order valence-electron chi connectivity index (χ0n) is 64.6. The van der Waals surface area contributed by atoms with Gasteiger partial charge in [0.25, 0.3) is 0 Å². The van der Waals surface area contributed by atoms with Crippen LogP contribution in [-0.4, -0.2) is 96.7 Å². The van der Waals surface area contributed by atoms with Crippen molar-refractivity contribution in [2.75, 3.05) is 39.6 Å². The number of rotatable bonds is 80. The van der Waals surface area contributed by atoms with Gasteiger partial charge in [-0.1, -0.05) is 375 Å². The normalized spacial score (nSPS) is 14.1. The number of carbonyl (C=O) groups is 4. The molecule has 0 aliphatic heterocycles. The Labute approximate surface area is 607 Å². The highest BCUT2D eigenvalue weighted by molar-refractivity contribution is 7.47. The number of carbonyl (C=O) groups excluding carboxylic acids is 4. The number of aliphatic hydroxyl groups excluding tert-OH is 1. The fourth-order valence-corrected chi connectivity index (χ4v) is 14.0. The molecule has 19 heteroatoms. The third-order valence-electron chi connectivity index (χ3n) is 19.1. The number of aliphatic hydroxyl groups is 1. The Balaban J connectivity index is 5.17. The summed E-state index contributed by atoms with van der Waals surface area (Å²) in [5.74, 6) is -1.34. The zero-order valence-corrected chi connectivity index (χ0v) is 66.4. The van der Waals surface area contributed by atoms with Crippen LogP contribution >= 0.6 is 15.6 Å². The van der Waals surface area contributed by atoms with Gasteiger partial charge in [0.05, 0.1) is 26.4 Å². The molecule has 0 heterocycles. The van der Waals surface area contributed by atoms with Gasteiger partial charge in [-0.25, -0.2) is 9.13 Å². The van der Waals surface area contributed by atoms with Gasteiger partial charge >= 0.3 is 39.5 Å². The largest absolute Gasteiger partial charge is 0.472 e. The highest BCUT2D eigenvalue weighted by atomic mass is 31.2. The van der Waals surface area contributed by atoms with Crippen LogP contribution in [0.15, 0.2) is 0 Å². The van der Waals surface area contributed by atoms with Crippen LogP contribution in [0.5, 0.6) is 0 Å². The van der Waals surface area contributed by atoms with Crippen LogP contribution in [0.4, 0.5) is 0 Å². The fraction of sp³-hybridized carbons (Fsp3) is 0.950. The maximum Gasteiger partial charge on any atom is 0.472 e. The van der Waals surface area contributed by atoms with E-state index < -0.39 is 97.5 Å². The van der Waals surface area contributed by atoms with Crippen molar-refractivity contribution in [3.05, 3.63) is 0 Å². The predicted octanol–water partition coefficient (Wildman–Crippen LogP) is 24.0. The molecule has 0 aromatic heterocycles. The van der Waals surface area contributed by atoms with Crippen LogP contribution in [-0.2, 0) is 65.4 Å². The van der Waals surface area contributed by atoms with E-state index in [-0.39, 0.29) is 25.7 Å².